The van der Waals surface area contributed by atoms with Crippen LogP contribution in [0.5, 0.6) is 0 Å². The number of ether oxygens (including phenoxy) is 9. The van der Waals surface area contributed by atoms with E-state index in [2.05, 4.69) is 81.8 Å². The number of esters is 4. The lowest BCUT2D eigenvalue weighted by Gasteiger charge is -2.24. The first kappa shape index (κ1) is 122. The number of carboxylic acid groups (broad SMARTS) is 7. The second-order valence-electron chi connectivity index (χ2n) is 20.4. The van der Waals surface area contributed by atoms with Gasteiger partial charge in [0, 0.05) is 73.1 Å². The Morgan fingerprint density at radius 3 is 0.567 bits per heavy atom. The number of aliphatic carboxylic acids is 7. The van der Waals surface area contributed by atoms with Gasteiger partial charge in [0.25, 0.3) is 0 Å². The summed E-state index contributed by atoms with van der Waals surface area (Å²) < 4.78 is 44.0. The van der Waals surface area contributed by atoms with Crippen LogP contribution in [0.25, 0.3) is 0 Å². The van der Waals surface area contributed by atoms with E-state index in [0.717, 1.165) is 0 Å². The normalized spacial score (nSPS) is 9.35. The minimum Gasteiger partial charge on any atom is -0.478 e. The predicted octanol–water partition coefficient (Wildman–Crippen LogP) is 5.14. The lowest BCUT2D eigenvalue weighted by Crippen LogP contribution is -2.32. The van der Waals surface area contributed by atoms with Gasteiger partial charge in [-0.15, -0.1) is 0 Å². The van der Waals surface area contributed by atoms with Gasteiger partial charge in [-0.2, -0.15) is 0 Å². The Labute approximate surface area is 610 Å². The monoisotopic (exact) mass is 1500 g/mol. The van der Waals surface area contributed by atoms with Crippen molar-refractivity contribution in [2.75, 3.05) is 132 Å². The highest BCUT2D eigenvalue weighted by Gasteiger charge is 2.25. The van der Waals surface area contributed by atoms with Crippen molar-refractivity contribution in [1.82, 2.24) is 0 Å². The molecule has 1 unspecified atom stereocenters. The second-order valence-corrected chi connectivity index (χ2v) is 20.4. The van der Waals surface area contributed by atoms with E-state index in [1.54, 1.807) is 34.6 Å². The number of carbonyl (C=O) groups excluding carboxylic acids is 4. The zero-order valence-electron chi connectivity index (χ0n) is 62.8. The molecule has 0 spiro atoms. The Morgan fingerprint density at radius 1 is 0.279 bits per heavy atom. The van der Waals surface area contributed by atoms with Gasteiger partial charge in [0.05, 0.1) is 119 Å². The van der Waals surface area contributed by atoms with E-state index in [1.165, 1.54) is 48.5 Å². The van der Waals surface area contributed by atoms with E-state index < -0.39 is 71.1 Å². The standard InChI is InChI=1S/C12H18O4.C10H14O4.C8H18O5.C6H14O4.C6H14O3.7C4H6O2/c1-8(2)11(13)15-7-6-10(5)16-12(14)9(3)4;1-7(2)9(11)13-5-6-14-10(12)8(3)4;9-1-3-11-5-7-13-8-6-12-4-2-10;7-1-3-9-5-6-10-4-2-8;1-2-6(3-7,4-8)5-9;7*1-3(2)4(5)6/h10H,1,3,6-7H2,2,4-5H3;1,3,5-6H2,2,4H3;9-10H,1-8H2;7-8H,1-6H2;7-9H,2-5H2,1H3;7*1H2,2H3,(H,5,6). The summed E-state index contributed by atoms with van der Waals surface area (Å²) >= 11 is 0. The number of carbonyl (C=O) groups is 11. The fourth-order valence-electron chi connectivity index (χ4n) is 2.91. The molecule has 34 heteroatoms. The third-order valence-corrected chi connectivity index (χ3v) is 9.38. The van der Waals surface area contributed by atoms with Crippen molar-refractivity contribution in [3.05, 3.63) is 134 Å². The molecule has 14 N–H and O–H groups in total. The van der Waals surface area contributed by atoms with Crippen LogP contribution in [0, 0.1) is 5.41 Å². The molecule has 0 aliphatic carbocycles. The van der Waals surface area contributed by atoms with Crippen molar-refractivity contribution in [3.63, 3.8) is 0 Å². The van der Waals surface area contributed by atoms with Crippen molar-refractivity contribution in [2.45, 2.75) is 109 Å². The molecule has 0 aromatic carbocycles. The lowest BCUT2D eigenvalue weighted by atomic mass is 9.88. The molecule has 0 aromatic rings. The predicted molar refractivity (Wildman–Crippen MR) is 386 cm³/mol. The van der Waals surface area contributed by atoms with Crippen LogP contribution in [0.1, 0.15) is 103 Å². The Bertz CT molecular complexity index is 2170. The van der Waals surface area contributed by atoms with Gasteiger partial charge < -0.3 is 114 Å². The molecule has 0 amide bonds. The van der Waals surface area contributed by atoms with Gasteiger partial charge in [-0.1, -0.05) is 79.3 Å². The average Bonchev–Trinajstić information content (AvgIpc) is 0.921. The van der Waals surface area contributed by atoms with Gasteiger partial charge in [0.15, 0.2) is 0 Å². The molecular weight excluding hydrogens is 1380 g/mol. The molecular formula is C70H120O34. The van der Waals surface area contributed by atoms with Gasteiger partial charge in [-0.25, -0.2) is 52.7 Å². The maximum absolute atomic E-state index is 11.1. The number of rotatable bonds is 39. The van der Waals surface area contributed by atoms with E-state index in [0.29, 0.717) is 101 Å². The summed E-state index contributed by atoms with van der Waals surface area (Å²) in [6.45, 7) is 60.0. The zero-order valence-corrected chi connectivity index (χ0v) is 62.8. The summed E-state index contributed by atoms with van der Waals surface area (Å²) in [6, 6.07) is 0. The third kappa shape index (κ3) is 120. The first-order chi connectivity index (χ1) is 47.9. The van der Waals surface area contributed by atoms with Crippen LogP contribution in [-0.2, 0) is 95.4 Å². The van der Waals surface area contributed by atoms with Gasteiger partial charge in [-0.3, -0.25) is 0 Å². The third-order valence-electron chi connectivity index (χ3n) is 9.38. The van der Waals surface area contributed by atoms with Crippen molar-refractivity contribution < 1.29 is 167 Å². The summed E-state index contributed by atoms with van der Waals surface area (Å²) in [5, 5.41) is 114. The quantitative estimate of drug-likeness (QED) is 0.0164. The van der Waals surface area contributed by atoms with Crippen LogP contribution in [0.2, 0.25) is 0 Å². The number of hydrogen-bond acceptors (Lipinski definition) is 27. The summed E-state index contributed by atoms with van der Waals surface area (Å²) in [6.07, 6.45) is 0.747. The Morgan fingerprint density at radius 2 is 0.442 bits per heavy atom. The van der Waals surface area contributed by atoms with Crippen LogP contribution < -0.4 is 0 Å². The molecule has 0 saturated carbocycles. The first-order valence-corrected chi connectivity index (χ1v) is 30.6. The van der Waals surface area contributed by atoms with Gasteiger partial charge >= 0.3 is 65.7 Å². The molecule has 0 heterocycles. The molecule has 0 aliphatic rings. The topological polar surface area (TPSA) is 554 Å². The number of hydrogen-bond donors (Lipinski definition) is 14. The molecule has 0 bridgehead atoms. The smallest absolute Gasteiger partial charge is 0.333 e. The maximum atomic E-state index is 11.1. The van der Waals surface area contributed by atoms with Crippen molar-refractivity contribution in [1.29, 1.82) is 0 Å². The minimum atomic E-state index is -0.935. The van der Waals surface area contributed by atoms with Crippen LogP contribution in [0.3, 0.4) is 0 Å². The van der Waals surface area contributed by atoms with Crippen molar-refractivity contribution in [3.8, 4) is 0 Å². The van der Waals surface area contributed by atoms with Gasteiger partial charge in [0.2, 0.25) is 0 Å². The zero-order chi connectivity index (χ0) is 84.7. The highest BCUT2D eigenvalue weighted by Crippen LogP contribution is 2.18. The average molecular weight is 1510 g/mol. The summed E-state index contributed by atoms with van der Waals surface area (Å²) in [5.74, 6) is -8.39. The maximum Gasteiger partial charge on any atom is 0.333 e. The summed E-state index contributed by atoms with van der Waals surface area (Å²) in [5.41, 5.74) is 1.90. The molecule has 0 radical (unpaired) electrons. The van der Waals surface area contributed by atoms with Crippen LogP contribution in [0.15, 0.2) is 134 Å². The van der Waals surface area contributed by atoms with Crippen molar-refractivity contribution >= 4 is 65.7 Å². The fourth-order valence-corrected chi connectivity index (χ4v) is 2.91. The molecule has 34 nitrogen and oxygen atoms in total. The number of aliphatic hydroxyl groups is 7. The minimum absolute atomic E-state index is 0.0325. The molecule has 0 aromatic heterocycles. The number of carboxylic acids is 7. The lowest BCUT2D eigenvalue weighted by molar-refractivity contribution is -0.147. The van der Waals surface area contributed by atoms with E-state index in [-0.39, 0.29) is 111 Å². The molecule has 104 heavy (non-hydrogen) atoms. The fraction of sp³-hybridized carbons (Fsp3) is 0.529. The molecule has 0 saturated heterocycles. The Hall–Kier alpha value is -9.17. The highest BCUT2D eigenvalue weighted by atomic mass is 16.6. The second kappa shape index (κ2) is 86.2. The van der Waals surface area contributed by atoms with Crippen LogP contribution in [-0.4, -0.2) is 275 Å². The van der Waals surface area contributed by atoms with E-state index in [9.17, 15) is 52.7 Å². The van der Waals surface area contributed by atoms with Crippen LogP contribution >= 0.6 is 0 Å². The number of aliphatic hydroxyl groups excluding tert-OH is 7. The Kier molecular flexibility index (Phi) is 101. The first-order valence-electron chi connectivity index (χ1n) is 30.6. The van der Waals surface area contributed by atoms with E-state index in [1.807, 2.05) is 6.92 Å². The summed E-state index contributed by atoms with van der Waals surface area (Å²) in [7, 11) is 0. The van der Waals surface area contributed by atoms with Crippen molar-refractivity contribution in [2.24, 2.45) is 5.41 Å². The molecule has 0 fully saturated rings. The molecule has 0 aliphatic heterocycles. The van der Waals surface area contributed by atoms with Gasteiger partial charge in [0.1, 0.15) is 19.3 Å². The highest BCUT2D eigenvalue weighted by molar-refractivity contribution is 5.89. The molecule has 0 rings (SSSR count). The van der Waals surface area contributed by atoms with E-state index in [4.69, 9.17) is 105 Å². The van der Waals surface area contributed by atoms with Crippen LogP contribution in [0.4, 0.5) is 0 Å². The molecule has 604 valence electrons. The summed E-state index contributed by atoms with van der Waals surface area (Å²) in [4.78, 5) is 111. The largest absolute Gasteiger partial charge is 0.478 e. The van der Waals surface area contributed by atoms with E-state index >= 15 is 0 Å². The Balaban J connectivity index is -0.0000000905. The van der Waals surface area contributed by atoms with Gasteiger partial charge in [-0.05, 0) is 89.5 Å². The SMILES string of the molecule is C=C(C)C(=O)O.C=C(C)C(=O)O.C=C(C)C(=O)O.C=C(C)C(=O)O.C=C(C)C(=O)O.C=C(C)C(=O)O.C=C(C)C(=O)O.C=C(C)C(=O)OCCC(C)OC(=O)C(=C)C.C=C(C)C(=O)OCCOC(=O)C(=C)C.CCC(CO)(CO)CO.OCCOCCOCCO.OCCOCCOCCOCCO. The molecule has 1 atom stereocenters.